The summed E-state index contributed by atoms with van der Waals surface area (Å²) in [6.07, 6.45) is 10.2. The normalized spacial score (nSPS) is 14.8. The highest BCUT2D eigenvalue weighted by molar-refractivity contribution is 7.15. The van der Waals surface area contributed by atoms with E-state index in [9.17, 15) is 14.0 Å². The molecule has 208 valence electrons. The third-order valence-electron chi connectivity index (χ3n) is 6.83. The summed E-state index contributed by atoms with van der Waals surface area (Å²) in [4.78, 5) is 38.3. The topological polar surface area (TPSA) is 131 Å². The fraction of sp³-hybridized carbons (Fsp3) is 0.167. The van der Waals surface area contributed by atoms with E-state index in [4.69, 9.17) is 16.1 Å². The van der Waals surface area contributed by atoms with Crippen molar-refractivity contribution in [3.8, 4) is 0 Å². The quantitative estimate of drug-likeness (QED) is 0.265. The van der Waals surface area contributed by atoms with E-state index in [2.05, 4.69) is 16.4 Å². The largest absolute Gasteiger partial charge is 0.404 e. The molecule has 0 saturated carbocycles. The zero-order valence-corrected chi connectivity index (χ0v) is 23.1. The highest BCUT2D eigenvalue weighted by atomic mass is 32.1. The lowest BCUT2D eigenvalue weighted by Crippen LogP contribution is -2.30. The minimum atomic E-state index is -0.409. The average molecular weight is 571 g/mol. The number of carbonyl (C=O) groups excluding carboxylic acids is 2. The molecule has 11 heteroatoms. The second kappa shape index (κ2) is 12.1. The molecule has 5 N–H and O–H groups in total. The molecule has 0 saturated heterocycles. The van der Waals surface area contributed by atoms with Crippen LogP contribution in [-0.2, 0) is 6.54 Å². The monoisotopic (exact) mass is 570 g/mol. The van der Waals surface area contributed by atoms with E-state index >= 15 is 0 Å². The van der Waals surface area contributed by atoms with Crippen molar-refractivity contribution in [2.24, 2.45) is 10.7 Å². The number of benzene rings is 2. The van der Waals surface area contributed by atoms with E-state index in [0.717, 1.165) is 23.2 Å². The van der Waals surface area contributed by atoms with Crippen molar-refractivity contribution in [3.63, 3.8) is 0 Å². The van der Waals surface area contributed by atoms with Crippen LogP contribution in [0.5, 0.6) is 0 Å². The number of aromatic nitrogens is 2. The molecule has 5 rings (SSSR count). The van der Waals surface area contributed by atoms with Gasteiger partial charge in [-0.15, -0.1) is 11.3 Å². The van der Waals surface area contributed by atoms with Gasteiger partial charge in [0, 0.05) is 42.1 Å². The number of anilines is 2. The van der Waals surface area contributed by atoms with Crippen molar-refractivity contribution in [3.05, 3.63) is 94.1 Å². The Morgan fingerprint density at radius 1 is 1.20 bits per heavy atom. The first kappa shape index (κ1) is 27.7. The first-order valence-electron chi connectivity index (χ1n) is 13.0. The minimum Gasteiger partial charge on any atom is -0.404 e. The molecule has 0 fully saturated rings. The number of allylic oxidation sites excluding steroid dienone is 2. The first-order valence-corrected chi connectivity index (χ1v) is 13.8. The summed E-state index contributed by atoms with van der Waals surface area (Å²) in [5.74, 6) is -0.614. The Kier molecular flexibility index (Phi) is 8.16. The number of thiophene rings is 1. The molecule has 0 bridgehead atoms. The average Bonchev–Trinajstić information content (AvgIpc) is 3.61. The molecule has 1 atom stereocenters. The fourth-order valence-electron chi connectivity index (χ4n) is 4.55. The Bertz CT molecular complexity index is 1700. The molecule has 1 aliphatic heterocycles. The van der Waals surface area contributed by atoms with Crippen LogP contribution in [0.15, 0.2) is 77.9 Å². The molecule has 1 aliphatic rings. The maximum atomic E-state index is 13.3. The molecule has 0 spiro atoms. The molecule has 1 unspecified atom stereocenters. The molecule has 0 radical (unpaired) electrons. The summed E-state index contributed by atoms with van der Waals surface area (Å²) in [5.41, 5.74) is 8.67. The van der Waals surface area contributed by atoms with Gasteiger partial charge in [0.25, 0.3) is 11.8 Å². The van der Waals surface area contributed by atoms with Gasteiger partial charge >= 0.3 is 0 Å². The molecule has 3 heterocycles. The molecule has 2 aromatic heterocycles. The van der Waals surface area contributed by atoms with E-state index in [0.29, 0.717) is 39.7 Å². The smallest absolute Gasteiger partial charge is 0.268 e. The van der Waals surface area contributed by atoms with Crippen LogP contribution >= 0.6 is 11.3 Å². The molecule has 0 aliphatic carbocycles. The number of dihydropyridines is 1. The predicted octanol–water partition coefficient (Wildman–Crippen LogP) is 3.68. The first-order chi connectivity index (χ1) is 19.9. The van der Waals surface area contributed by atoms with Crippen LogP contribution < -0.4 is 21.4 Å². The Morgan fingerprint density at radius 2 is 1.98 bits per heavy atom. The van der Waals surface area contributed by atoms with Crippen LogP contribution in [0.2, 0.25) is 0 Å². The number of nitrogens with zero attached hydrogens (tertiary/aromatic N) is 4. The number of hydrogen-bond donors (Lipinski definition) is 3. The maximum absolute atomic E-state index is 13.3. The fourth-order valence-corrected chi connectivity index (χ4v) is 5.46. The van der Waals surface area contributed by atoms with Gasteiger partial charge < -0.3 is 15.2 Å². The summed E-state index contributed by atoms with van der Waals surface area (Å²) < 4.78 is 15.3. The minimum absolute atomic E-state index is 0.133. The van der Waals surface area contributed by atoms with Gasteiger partial charge in [-0.2, -0.15) is 0 Å². The van der Waals surface area contributed by atoms with E-state index in [1.54, 1.807) is 31.5 Å². The summed E-state index contributed by atoms with van der Waals surface area (Å²) in [6.45, 7) is 0.573. The van der Waals surface area contributed by atoms with Crippen LogP contribution in [0.25, 0.3) is 16.6 Å². The van der Waals surface area contributed by atoms with Crippen LogP contribution in [0.1, 0.15) is 37.7 Å². The highest BCUT2D eigenvalue weighted by Gasteiger charge is 2.20. The number of amides is 2. The van der Waals surface area contributed by atoms with Gasteiger partial charge in [-0.3, -0.25) is 25.3 Å². The van der Waals surface area contributed by atoms with Crippen molar-refractivity contribution in [2.45, 2.75) is 25.4 Å². The highest BCUT2D eigenvalue weighted by Crippen LogP contribution is 2.28. The van der Waals surface area contributed by atoms with Crippen molar-refractivity contribution < 1.29 is 19.4 Å². The molecule has 2 amide bonds. The molecular formula is C30H29FN7O2S+. The number of carbonyl (C=O) groups is 2. The number of rotatable bonds is 9. The summed E-state index contributed by atoms with van der Waals surface area (Å²) in [6, 6.07) is 14.5. The van der Waals surface area contributed by atoms with E-state index in [1.807, 2.05) is 22.8 Å². The Balaban J connectivity index is 1.45. The van der Waals surface area contributed by atoms with Gasteiger partial charge in [0.05, 0.1) is 27.5 Å². The maximum Gasteiger partial charge on any atom is 0.268 e. The number of aryl methyl sites for hydroxylation is 1. The molecule has 9 nitrogen and oxygen atoms in total. The lowest BCUT2D eigenvalue weighted by Gasteiger charge is -2.18. The zero-order valence-electron chi connectivity index (χ0n) is 22.3. The molecule has 41 heavy (non-hydrogen) atoms. The van der Waals surface area contributed by atoms with Crippen molar-refractivity contribution in [2.75, 3.05) is 17.3 Å². The molecular weight excluding hydrogens is 541 g/mol. The molecule has 2 aromatic carbocycles. The summed E-state index contributed by atoms with van der Waals surface area (Å²) in [5, 5.41) is 8.60. The predicted molar refractivity (Wildman–Crippen MR) is 162 cm³/mol. The SMILES string of the molecule is CN(C(=O)c1ccc(F)cc1)c1ccc2c(c1)nc(NC(=O)c1ccc(/C(C=[NH2+])=C/N)s1)n2CCC1CC=CC=N1. The van der Waals surface area contributed by atoms with E-state index < -0.39 is 5.82 Å². The van der Waals surface area contributed by atoms with Gasteiger partial charge in [-0.25, -0.2) is 9.37 Å². The van der Waals surface area contributed by atoms with Gasteiger partial charge in [-0.1, -0.05) is 6.08 Å². The number of nitrogens with one attached hydrogen (secondary N) is 1. The van der Waals surface area contributed by atoms with Crippen LogP contribution in [0.4, 0.5) is 16.0 Å². The van der Waals surface area contributed by atoms with E-state index in [-0.39, 0.29) is 17.9 Å². The Labute approximate surface area is 240 Å². The van der Waals surface area contributed by atoms with Gasteiger partial charge in [-0.05, 0) is 73.5 Å². The number of halogens is 1. The lowest BCUT2D eigenvalue weighted by molar-refractivity contribution is -0.103. The summed E-state index contributed by atoms with van der Waals surface area (Å²) >= 11 is 1.27. The van der Waals surface area contributed by atoms with Crippen molar-refractivity contribution in [1.29, 1.82) is 0 Å². The second-order valence-electron chi connectivity index (χ2n) is 9.44. The number of aliphatic imine (C=N–C) groups is 1. The Morgan fingerprint density at radius 3 is 2.68 bits per heavy atom. The standard InChI is InChI=1S/C30H28FN7O2S/c1-37(29(40)19-5-7-21(31)8-6-19)23-9-10-25-24(16-23)35-30(38(25)15-13-22-4-2-3-14-34-22)36-28(39)27-12-11-26(41-27)20(17-32)18-33/h2-3,5-12,14,16-18,22,32H,4,13,15,33H2,1H3,(H,35,36,39)/p+1/b20-18+,32-17?. The zero-order chi connectivity index (χ0) is 28.9. The Hall–Kier alpha value is -4.90. The number of imidazole rings is 1. The lowest BCUT2D eigenvalue weighted by atomic mass is 10.1. The molecule has 4 aromatic rings. The van der Waals surface area contributed by atoms with E-state index in [1.165, 1.54) is 52.9 Å². The van der Waals surface area contributed by atoms with Gasteiger partial charge in [0.2, 0.25) is 5.95 Å². The van der Waals surface area contributed by atoms with Gasteiger partial charge in [0.1, 0.15) is 5.82 Å². The van der Waals surface area contributed by atoms with Crippen LogP contribution in [0.3, 0.4) is 0 Å². The number of fused-ring (bicyclic) bond motifs is 1. The third-order valence-corrected chi connectivity index (χ3v) is 7.96. The second-order valence-corrected chi connectivity index (χ2v) is 10.5. The third kappa shape index (κ3) is 5.99. The summed E-state index contributed by atoms with van der Waals surface area (Å²) in [7, 11) is 1.65. The van der Waals surface area contributed by atoms with Crippen LogP contribution in [0, 0.1) is 5.82 Å². The van der Waals surface area contributed by atoms with Crippen LogP contribution in [-0.4, -0.2) is 46.9 Å². The van der Waals surface area contributed by atoms with Gasteiger partial charge in [0.15, 0.2) is 6.21 Å². The number of nitrogens with two attached hydrogens (primary N) is 2. The van der Waals surface area contributed by atoms with Crippen molar-refractivity contribution in [1.82, 2.24) is 9.55 Å². The number of hydrogen-bond acceptors (Lipinski definition) is 6. The van der Waals surface area contributed by atoms with Crippen molar-refractivity contribution >= 4 is 63.8 Å².